The van der Waals surface area contributed by atoms with Gasteiger partial charge >= 0.3 is 0 Å². The van der Waals surface area contributed by atoms with Crippen molar-refractivity contribution in [3.05, 3.63) is 0 Å². The molecule has 1 aliphatic carbocycles. The Morgan fingerprint density at radius 2 is 1.71 bits per heavy atom. The van der Waals surface area contributed by atoms with Gasteiger partial charge in [0.1, 0.15) is 0 Å². The van der Waals surface area contributed by atoms with Gasteiger partial charge in [0.2, 0.25) is 0 Å². The highest BCUT2D eigenvalue weighted by Gasteiger charge is 2.40. The predicted molar refractivity (Wildman–Crippen MR) is 55.5 cm³/mol. The van der Waals surface area contributed by atoms with Crippen LogP contribution in [0, 0.1) is 11.3 Å². The highest BCUT2D eigenvalue weighted by molar-refractivity contribution is 7.93. The Morgan fingerprint density at radius 1 is 1.21 bits per heavy atom. The van der Waals surface area contributed by atoms with Gasteiger partial charge in [0.05, 0.1) is 11.3 Å². The summed E-state index contributed by atoms with van der Waals surface area (Å²) < 4.78 is 22.8. The molecular formula is C10H17NO2S. The molecule has 0 radical (unpaired) electrons. The van der Waals surface area contributed by atoms with Crippen LogP contribution < -0.4 is 0 Å². The van der Waals surface area contributed by atoms with Gasteiger partial charge in [-0.05, 0) is 26.7 Å². The number of hydrogen-bond donors (Lipinski definition) is 0. The Labute approximate surface area is 86.0 Å². The van der Waals surface area contributed by atoms with Crippen molar-refractivity contribution in [3.63, 3.8) is 0 Å². The topological polar surface area (TPSA) is 57.9 Å². The van der Waals surface area contributed by atoms with Gasteiger partial charge < -0.3 is 0 Å². The van der Waals surface area contributed by atoms with E-state index in [1.807, 2.05) is 6.07 Å². The molecule has 14 heavy (non-hydrogen) atoms. The fourth-order valence-corrected chi connectivity index (χ4v) is 3.77. The maximum Gasteiger partial charge on any atom is 0.171 e. The van der Waals surface area contributed by atoms with E-state index in [-0.39, 0.29) is 5.25 Å². The number of nitriles is 1. The van der Waals surface area contributed by atoms with Crippen LogP contribution in [0.2, 0.25) is 0 Å². The molecule has 0 spiro atoms. The first-order valence-corrected chi connectivity index (χ1v) is 6.61. The molecule has 0 amide bonds. The summed E-state index contributed by atoms with van der Waals surface area (Å²) in [5.41, 5.74) is 0. The van der Waals surface area contributed by atoms with Crippen molar-refractivity contribution in [2.75, 3.05) is 0 Å². The standard InChI is InChI=1S/C10H17NO2S/c1-10(2,8-11)14(12,13)9-6-4-3-5-7-9/h9H,3-7H2,1-2H3. The molecule has 0 N–H and O–H groups in total. The molecule has 1 fully saturated rings. The molecule has 0 saturated heterocycles. The van der Waals surface area contributed by atoms with Crippen LogP contribution >= 0.6 is 0 Å². The van der Waals surface area contributed by atoms with E-state index < -0.39 is 14.6 Å². The van der Waals surface area contributed by atoms with Gasteiger partial charge in [0, 0.05) is 0 Å². The monoisotopic (exact) mass is 215 g/mol. The molecular weight excluding hydrogens is 198 g/mol. The first-order chi connectivity index (χ1) is 6.42. The highest BCUT2D eigenvalue weighted by Crippen LogP contribution is 2.30. The van der Waals surface area contributed by atoms with Crippen LogP contribution in [0.1, 0.15) is 46.0 Å². The second-order valence-corrected chi connectivity index (χ2v) is 7.20. The lowest BCUT2D eigenvalue weighted by Gasteiger charge is -2.27. The van der Waals surface area contributed by atoms with Crippen molar-refractivity contribution in [3.8, 4) is 6.07 Å². The molecule has 1 aliphatic rings. The van der Waals surface area contributed by atoms with Gasteiger partial charge in [-0.15, -0.1) is 0 Å². The van der Waals surface area contributed by atoms with E-state index in [1.165, 1.54) is 13.8 Å². The summed E-state index contributed by atoms with van der Waals surface area (Å²) in [5, 5.41) is 8.54. The molecule has 4 heteroatoms. The quantitative estimate of drug-likeness (QED) is 0.708. The van der Waals surface area contributed by atoms with E-state index in [9.17, 15) is 8.42 Å². The summed E-state index contributed by atoms with van der Waals surface area (Å²) in [4.78, 5) is 0. The molecule has 1 saturated carbocycles. The van der Waals surface area contributed by atoms with Gasteiger partial charge in [-0.25, -0.2) is 8.42 Å². The van der Waals surface area contributed by atoms with Crippen LogP contribution in [-0.4, -0.2) is 18.4 Å². The van der Waals surface area contributed by atoms with Gasteiger partial charge in [-0.1, -0.05) is 19.3 Å². The first-order valence-electron chi connectivity index (χ1n) is 5.06. The minimum Gasteiger partial charge on any atom is -0.227 e. The third kappa shape index (κ3) is 1.93. The highest BCUT2D eigenvalue weighted by atomic mass is 32.2. The van der Waals surface area contributed by atoms with E-state index in [2.05, 4.69) is 0 Å². The second kappa shape index (κ2) is 3.90. The molecule has 0 aromatic carbocycles. The van der Waals surface area contributed by atoms with Crippen LogP contribution in [0.4, 0.5) is 0 Å². The third-order valence-corrected chi connectivity index (χ3v) is 5.83. The molecule has 0 aromatic heterocycles. The van der Waals surface area contributed by atoms with E-state index in [0.717, 1.165) is 32.1 Å². The fourth-order valence-electron chi connectivity index (χ4n) is 1.86. The molecule has 0 bridgehead atoms. The smallest absolute Gasteiger partial charge is 0.171 e. The maximum atomic E-state index is 12.0. The fraction of sp³-hybridized carbons (Fsp3) is 0.900. The molecule has 1 rings (SSSR count). The van der Waals surface area contributed by atoms with Crippen LogP contribution in [0.3, 0.4) is 0 Å². The first kappa shape index (κ1) is 11.5. The lowest BCUT2D eigenvalue weighted by Crippen LogP contribution is -2.39. The van der Waals surface area contributed by atoms with E-state index in [0.29, 0.717) is 0 Å². The summed E-state index contributed by atoms with van der Waals surface area (Å²) >= 11 is 0. The van der Waals surface area contributed by atoms with Crippen molar-refractivity contribution in [2.45, 2.75) is 55.9 Å². The zero-order valence-electron chi connectivity index (χ0n) is 8.78. The average Bonchev–Trinajstić information content (AvgIpc) is 2.19. The summed E-state index contributed by atoms with van der Waals surface area (Å²) in [6, 6.07) is 1.89. The van der Waals surface area contributed by atoms with Crippen LogP contribution in [0.5, 0.6) is 0 Å². The molecule has 0 unspecified atom stereocenters. The Bertz CT molecular complexity index is 332. The number of nitrogens with zero attached hydrogens (tertiary/aromatic N) is 1. The van der Waals surface area contributed by atoms with Gasteiger partial charge in [-0.2, -0.15) is 5.26 Å². The lowest BCUT2D eigenvalue weighted by atomic mass is 10.0. The minimum atomic E-state index is -3.27. The van der Waals surface area contributed by atoms with E-state index >= 15 is 0 Å². The molecule has 80 valence electrons. The molecule has 0 aliphatic heterocycles. The predicted octanol–water partition coefficient (Wildman–Crippen LogP) is 2.04. The van der Waals surface area contributed by atoms with Crippen LogP contribution in [-0.2, 0) is 9.84 Å². The summed E-state index contributed by atoms with van der Waals surface area (Å²) in [5.74, 6) is 0. The Balaban J connectivity index is 2.90. The van der Waals surface area contributed by atoms with Crippen molar-refractivity contribution in [2.24, 2.45) is 0 Å². The Morgan fingerprint density at radius 3 is 2.14 bits per heavy atom. The number of hydrogen-bond acceptors (Lipinski definition) is 3. The summed E-state index contributed by atoms with van der Waals surface area (Å²) in [6.45, 7) is 2.99. The molecule has 0 heterocycles. The summed E-state index contributed by atoms with van der Waals surface area (Å²) in [7, 11) is -3.27. The Kier molecular flexibility index (Phi) is 3.20. The summed E-state index contributed by atoms with van der Waals surface area (Å²) in [6.07, 6.45) is 4.54. The minimum absolute atomic E-state index is 0.286. The zero-order chi connectivity index (χ0) is 10.8. The molecule has 0 aromatic rings. The van der Waals surface area contributed by atoms with Crippen molar-refractivity contribution in [1.29, 1.82) is 5.26 Å². The van der Waals surface area contributed by atoms with Crippen molar-refractivity contribution in [1.82, 2.24) is 0 Å². The van der Waals surface area contributed by atoms with E-state index in [4.69, 9.17) is 5.26 Å². The van der Waals surface area contributed by atoms with E-state index in [1.54, 1.807) is 0 Å². The zero-order valence-corrected chi connectivity index (χ0v) is 9.60. The normalized spacial score (nSPS) is 20.4. The largest absolute Gasteiger partial charge is 0.227 e. The van der Waals surface area contributed by atoms with Gasteiger partial charge in [0.15, 0.2) is 14.6 Å². The Hall–Kier alpha value is -0.560. The van der Waals surface area contributed by atoms with Crippen molar-refractivity contribution < 1.29 is 8.42 Å². The molecule has 0 atom stereocenters. The average molecular weight is 215 g/mol. The second-order valence-electron chi connectivity index (χ2n) is 4.43. The SMILES string of the molecule is CC(C)(C#N)S(=O)(=O)C1CCCCC1. The number of rotatable bonds is 2. The van der Waals surface area contributed by atoms with Crippen molar-refractivity contribution >= 4 is 9.84 Å². The maximum absolute atomic E-state index is 12.0. The van der Waals surface area contributed by atoms with Crippen LogP contribution in [0.15, 0.2) is 0 Å². The number of sulfone groups is 1. The lowest BCUT2D eigenvalue weighted by molar-refractivity contribution is 0.475. The van der Waals surface area contributed by atoms with Gasteiger partial charge in [0.25, 0.3) is 0 Å². The van der Waals surface area contributed by atoms with Gasteiger partial charge in [-0.3, -0.25) is 0 Å². The third-order valence-electron chi connectivity index (χ3n) is 2.97. The van der Waals surface area contributed by atoms with Crippen LogP contribution in [0.25, 0.3) is 0 Å². The molecule has 3 nitrogen and oxygen atoms in total.